The Morgan fingerprint density at radius 2 is 1.57 bits per heavy atom. The zero-order valence-electron chi connectivity index (χ0n) is 12.9. The Morgan fingerprint density at radius 3 is 2.10 bits per heavy atom. The van der Waals surface area contributed by atoms with E-state index in [1.165, 1.54) is 31.2 Å². The zero-order valence-corrected chi connectivity index (χ0v) is 13.7. The van der Waals surface area contributed by atoms with Crippen molar-refractivity contribution in [2.24, 2.45) is 29.6 Å². The van der Waals surface area contributed by atoms with Gasteiger partial charge >= 0.3 is 0 Å². The summed E-state index contributed by atoms with van der Waals surface area (Å²) in [5.74, 6) is 5.02. The summed E-state index contributed by atoms with van der Waals surface area (Å²) >= 11 is 6.01. The largest absolute Gasteiger partial charge is 0.316 e. The normalized spacial score (nSPS) is 38.7. The first-order chi connectivity index (χ1) is 10.2. The molecule has 0 amide bonds. The van der Waals surface area contributed by atoms with E-state index in [2.05, 4.69) is 24.5 Å². The van der Waals surface area contributed by atoms with Crippen LogP contribution in [0.15, 0.2) is 24.3 Å². The molecule has 1 atom stereocenters. The maximum absolute atomic E-state index is 6.01. The van der Waals surface area contributed by atoms with Crippen LogP contribution in [-0.4, -0.2) is 13.1 Å². The van der Waals surface area contributed by atoms with Crippen molar-refractivity contribution in [2.75, 3.05) is 7.05 Å². The Bertz CT molecular complexity index is 467. The van der Waals surface area contributed by atoms with E-state index in [4.69, 9.17) is 11.6 Å². The lowest BCUT2D eigenvalue weighted by atomic mass is 9.50. The van der Waals surface area contributed by atoms with E-state index in [0.717, 1.165) is 41.0 Å². The second-order valence-corrected chi connectivity index (χ2v) is 8.17. The van der Waals surface area contributed by atoms with Gasteiger partial charge in [-0.2, -0.15) is 0 Å². The fraction of sp³-hybridized carbons (Fsp3) is 0.684. The van der Waals surface area contributed by atoms with Gasteiger partial charge in [-0.1, -0.05) is 23.7 Å². The van der Waals surface area contributed by atoms with Gasteiger partial charge in [-0.25, -0.2) is 0 Å². The van der Waals surface area contributed by atoms with E-state index in [1.807, 2.05) is 12.1 Å². The predicted molar refractivity (Wildman–Crippen MR) is 88.5 cm³/mol. The van der Waals surface area contributed by atoms with Crippen LogP contribution < -0.4 is 5.32 Å². The molecule has 0 aromatic heterocycles. The van der Waals surface area contributed by atoms with Crippen molar-refractivity contribution in [3.8, 4) is 0 Å². The maximum Gasteiger partial charge on any atom is 0.0406 e. The molecular formula is C19H26ClN. The van der Waals surface area contributed by atoms with Crippen molar-refractivity contribution < 1.29 is 0 Å². The van der Waals surface area contributed by atoms with Crippen molar-refractivity contribution in [1.82, 2.24) is 5.32 Å². The minimum Gasteiger partial charge on any atom is -0.316 e. The van der Waals surface area contributed by atoms with Crippen molar-refractivity contribution in [1.29, 1.82) is 0 Å². The molecule has 4 saturated carbocycles. The molecule has 0 saturated heterocycles. The first-order valence-corrected chi connectivity index (χ1v) is 9.02. The Kier molecular flexibility index (Phi) is 3.75. The molecule has 1 aromatic carbocycles. The van der Waals surface area contributed by atoms with Crippen LogP contribution >= 0.6 is 11.6 Å². The van der Waals surface area contributed by atoms with Gasteiger partial charge in [-0.3, -0.25) is 0 Å². The fourth-order valence-corrected chi connectivity index (χ4v) is 6.06. The van der Waals surface area contributed by atoms with Crippen LogP contribution in [0.3, 0.4) is 0 Å². The van der Waals surface area contributed by atoms with Gasteiger partial charge in [0.1, 0.15) is 0 Å². The number of halogens is 1. The Labute approximate surface area is 133 Å². The minimum atomic E-state index is 0.640. The fourth-order valence-electron chi connectivity index (χ4n) is 5.93. The topological polar surface area (TPSA) is 12.0 Å². The van der Waals surface area contributed by atoms with E-state index in [-0.39, 0.29) is 0 Å². The van der Waals surface area contributed by atoms with Crippen LogP contribution in [0, 0.1) is 29.6 Å². The second-order valence-electron chi connectivity index (χ2n) is 7.73. The number of likely N-dealkylation sites (N-methyl/N-ethyl adjacent to an activating group) is 1. The highest BCUT2D eigenvalue weighted by atomic mass is 35.5. The first kappa shape index (κ1) is 14.1. The summed E-state index contributed by atoms with van der Waals surface area (Å²) < 4.78 is 0. The smallest absolute Gasteiger partial charge is 0.0406 e. The highest BCUT2D eigenvalue weighted by Crippen LogP contribution is 2.57. The third-order valence-corrected chi connectivity index (χ3v) is 6.76. The first-order valence-electron chi connectivity index (χ1n) is 8.64. The molecule has 0 spiro atoms. The number of nitrogens with one attached hydrogen (secondary N) is 1. The van der Waals surface area contributed by atoms with Crippen LogP contribution in [-0.2, 0) is 6.42 Å². The van der Waals surface area contributed by atoms with Gasteiger partial charge < -0.3 is 5.32 Å². The van der Waals surface area contributed by atoms with Crippen LogP contribution in [0.4, 0.5) is 0 Å². The molecule has 1 aromatic rings. The summed E-state index contributed by atoms with van der Waals surface area (Å²) in [6.07, 6.45) is 8.74. The van der Waals surface area contributed by atoms with Gasteiger partial charge in [0.05, 0.1) is 0 Å². The van der Waals surface area contributed by atoms with Crippen molar-refractivity contribution in [3.05, 3.63) is 34.9 Å². The summed E-state index contributed by atoms with van der Waals surface area (Å²) in [4.78, 5) is 0. The van der Waals surface area contributed by atoms with E-state index >= 15 is 0 Å². The number of benzene rings is 1. The predicted octanol–water partition coefficient (Wildman–Crippen LogP) is 4.54. The maximum atomic E-state index is 6.01. The number of hydrogen-bond acceptors (Lipinski definition) is 1. The van der Waals surface area contributed by atoms with E-state index in [9.17, 15) is 0 Å². The van der Waals surface area contributed by atoms with Gasteiger partial charge in [0, 0.05) is 11.1 Å². The molecule has 21 heavy (non-hydrogen) atoms. The molecule has 5 rings (SSSR count). The summed E-state index contributed by atoms with van der Waals surface area (Å²) in [6.45, 7) is 0. The molecule has 1 nitrogen and oxygen atoms in total. The average Bonchev–Trinajstić information content (AvgIpc) is 2.47. The highest BCUT2D eigenvalue weighted by molar-refractivity contribution is 6.30. The van der Waals surface area contributed by atoms with E-state index in [0.29, 0.717) is 6.04 Å². The third-order valence-electron chi connectivity index (χ3n) is 6.50. The van der Waals surface area contributed by atoms with Crippen LogP contribution in [0.2, 0.25) is 5.02 Å². The Balaban J connectivity index is 1.51. The Morgan fingerprint density at radius 1 is 1.00 bits per heavy atom. The van der Waals surface area contributed by atoms with E-state index < -0.39 is 0 Å². The lowest BCUT2D eigenvalue weighted by Gasteiger charge is -2.56. The van der Waals surface area contributed by atoms with Gasteiger partial charge in [-0.15, -0.1) is 0 Å². The minimum absolute atomic E-state index is 0.640. The lowest BCUT2D eigenvalue weighted by molar-refractivity contribution is -0.0507. The second kappa shape index (κ2) is 5.59. The molecule has 2 heteroatoms. The SMILES string of the molecule is CNC(Cc1ccc(Cl)cc1)C1C2CC3CC(C2)CC1C3. The molecule has 4 aliphatic carbocycles. The summed E-state index contributed by atoms with van der Waals surface area (Å²) in [5, 5.41) is 4.50. The van der Waals surface area contributed by atoms with Gasteiger partial charge in [0.15, 0.2) is 0 Å². The molecule has 0 radical (unpaired) electrons. The quantitative estimate of drug-likeness (QED) is 0.861. The molecule has 0 heterocycles. The molecule has 4 aliphatic rings. The van der Waals surface area contributed by atoms with Gasteiger partial charge in [-0.05, 0) is 92.9 Å². The molecule has 4 fully saturated rings. The van der Waals surface area contributed by atoms with Crippen LogP contribution in [0.25, 0.3) is 0 Å². The summed E-state index contributed by atoms with van der Waals surface area (Å²) in [7, 11) is 2.16. The molecule has 114 valence electrons. The van der Waals surface area contributed by atoms with Crippen LogP contribution in [0.1, 0.15) is 37.7 Å². The number of hydrogen-bond donors (Lipinski definition) is 1. The zero-order chi connectivity index (χ0) is 14.4. The number of rotatable bonds is 4. The van der Waals surface area contributed by atoms with Crippen molar-refractivity contribution in [3.63, 3.8) is 0 Å². The average molecular weight is 304 g/mol. The molecule has 1 unspecified atom stereocenters. The summed E-state index contributed by atoms with van der Waals surface area (Å²) in [6, 6.07) is 9.09. The van der Waals surface area contributed by atoms with Crippen LogP contribution in [0.5, 0.6) is 0 Å². The summed E-state index contributed by atoms with van der Waals surface area (Å²) in [5.41, 5.74) is 1.42. The van der Waals surface area contributed by atoms with Gasteiger partial charge in [0.2, 0.25) is 0 Å². The van der Waals surface area contributed by atoms with Crippen molar-refractivity contribution >= 4 is 11.6 Å². The molecule has 4 bridgehead atoms. The van der Waals surface area contributed by atoms with E-state index in [1.54, 1.807) is 6.42 Å². The molecule has 1 N–H and O–H groups in total. The third kappa shape index (κ3) is 2.64. The standard InChI is InChI=1S/C19H26ClN/c1-21-18(11-12-2-4-17(20)5-3-12)19-15-7-13-6-14(9-15)10-16(19)8-13/h2-5,13-16,18-19,21H,6-11H2,1H3. The monoisotopic (exact) mass is 303 g/mol. The molecule has 0 aliphatic heterocycles. The van der Waals surface area contributed by atoms with Crippen molar-refractivity contribution in [2.45, 2.75) is 44.6 Å². The Hall–Kier alpha value is -0.530. The van der Waals surface area contributed by atoms with Gasteiger partial charge in [0.25, 0.3) is 0 Å². The molecular weight excluding hydrogens is 278 g/mol. The highest BCUT2D eigenvalue weighted by Gasteiger charge is 2.50. The lowest BCUT2D eigenvalue weighted by Crippen LogP contribution is -2.53.